The van der Waals surface area contributed by atoms with Gasteiger partial charge in [-0.15, -0.1) is 0 Å². The molecule has 0 radical (unpaired) electrons. The Hall–Kier alpha value is -2.20. The summed E-state index contributed by atoms with van der Waals surface area (Å²) in [6, 6.07) is 11.2. The van der Waals surface area contributed by atoms with Crippen LogP contribution in [-0.2, 0) is 11.2 Å². The Bertz CT molecular complexity index is 730. The lowest BCUT2D eigenvalue weighted by atomic mass is 10.1. The molecule has 3 rings (SSSR count). The number of nitrogens with one attached hydrogen (secondary N) is 1. The van der Waals surface area contributed by atoms with Gasteiger partial charge in [0.05, 0.1) is 0 Å². The standard InChI is InChI=1S/C18H18ClNO3/c1-12-10-14(19)4-5-15(12)20-18(21)7-3-13-2-6-16-17(11-13)23-9-8-22-16/h2,4-6,10-11H,3,7-9H2,1H3,(H,20,21). The van der Waals surface area contributed by atoms with Crippen molar-refractivity contribution in [3.63, 3.8) is 0 Å². The molecule has 0 unspecified atom stereocenters. The maximum absolute atomic E-state index is 12.1. The van der Waals surface area contributed by atoms with Crippen LogP contribution in [0.3, 0.4) is 0 Å². The Balaban J connectivity index is 1.58. The third-order valence-corrected chi connectivity index (χ3v) is 3.94. The van der Waals surface area contributed by atoms with Crippen molar-refractivity contribution in [2.75, 3.05) is 18.5 Å². The smallest absolute Gasteiger partial charge is 0.224 e. The van der Waals surface area contributed by atoms with Crippen molar-refractivity contribution in [1.29, 1.82) is 0 Å². The predicted octanol–water partition coefficient (Wildman–Crippen LogP) is 3.99. The van der Waals surface area contributed by atoms with E-state index in [-0.39, 0.29) is 5.91 Å². The van der Waals surface area contributed by atoms with Gasteiger partial charge in [0.25, 0.3) is 0 Å². The van der Waals surface area contributed by atoms with E-state index in [0.717, 1.165) is 28.3 Å². The number of carbonyl (C=O) groups is 1. The minimum absolute atomic E-state index is 0.0229. The van der Waals surface area contributed by atoms with Crippen molar-refractivity contribution < 1.29 is 14.3 Å². The number of carbonyl (C=O) groups excluding carboxylic acids is 1. The fraction of sp³-hybridized carbons (Fsp3) is 0.278. The van der Waals surface area contributed by atoms with E-state index in [2.05, 4.69) is 5.32 Å². The average molecular weight is 332 g/mol. The molecule has 4 nitrogen and oxygen atoms in total. The van der Waals surface area contributed by atoms with E-state index in [1.54, 1.807) is 6.07 Å². The molecule has 1 N–H and O–H groups in total. The van der Waals surface area contributed by atoms with Crippen molar-refractivity contribution in [2.24, 2.45) is 0 Å². The lowest BCUT2D eigenvalue weighted by molar-refractivity contribution is -0.116. The molecule has 5 heteroatoms. The van der Waals surface area contributed by atoms with Gasteiger partial charge in [-0.3, -0.25) is 4.79 Å². The quantitative estimate of drug-likeness (QED) is 0.921. The molecule has 0 aliphatic carbocycles. The van der Waals surface area contributed by atoms with Gasteiger partial charge in [-0.05, 0) is 54.8 Å². The summed E-state index contributed by atoms with van der Waals surface area (Å²) in [5.74, 6) is 1.49. The summed E-state index contributed by atoms with van der Waals surface area (Å²) in [4.78, 5) is 12.1. The molecular weight excluding hydrogens is 314 g/mol. The molecule has 0 saturated heterocycles. The molecule has 0 aromatic heterocycles. The number of hydrogen-bond donors (Lipinski definition) is 1. The molecular formula is C18H18ClNO3. The SMILES string of the molecule is Cc1cc(Cl)ccc1NC(=O)CCc1ccc2c(c1)OCCO2. The van der Waals surface area contributed by atoms with Crippen LogP contribution in [0, 0.1) is 6.92 Å². The Labute approximate surface area is 140 Å². The molecule has 2 aromatic carbocycles. The Morgan fingerprint density at radius 2 is 1.91 bits per heavy atom. The van der Waals surface area contributed by atoms with Crippen LogP contribution in [0.25, 0.3) is 0 Å². The van der Waals surface area contributed by atoms with Gasteiger partial charge in [0.1, 0.15) is 13.2 Å². The topological polar surface area (TPSA) is 47.6 Å². The summed E-state index contributed by atoms with van der Waals surface area (Å²) < 4.78 is 11.0. The van der Waals surface area contributed by atoms with Crippen LogP contribution >= 0.6 is 11.6 Å². The number of amides is 1. The lowest BCUT2D eigenvalue weighted by Gasteiger charge is -2.18. The van der Waals surface area contributed by atoms with Gasteiger partial charge in [-0.1, -0.05) is 17.7 Å². The van der Waals surface area contributed by atoms with E-state index in [4.69, 9.17) is 21.1 Å². The number of aryl methyl sites for hydroxylation is 2. The summed E-state index contributed by atoms with van der Waals surface area (Å²) in [7, 11) is 0. The molecule has 1 amide bonds. The fourth-order valence-corrected chi connectivity index (χ4v) is 2.71. The van der Waals surface area contributed by atoms with Gasteiger partial charge >= 0.3 is 0 Å². The highest BCUT2D eigenvalue weighted by molar-refractivity contribution is 6.30. The van der Waals surface area contributed by atoms with Crippen molar-refractivity contribution in [3.8, 4) is 11.5 Å². The highest BCUT2D eigenvalue weighted by Gasteiger charge is 2.12. The Morgan fingerprint density at radius 1 is 1.13 bits per heavy atom. The summed E-state index contributed by atoms with van der Waals surface area (Å²) in [6.45, 7) is 3.06. The molecule has 0 saturated carbocycles. The average Bonchev–Trinajstić information content (AvgIpc) is 2.55. The van der Waals surface area contributed by atoms with Crippen LogP contribution in [0.1, 0.15) is 17.5 Å². The highest BCUT2D eigenvalue weighted by atomic mass is 35.5. The molecule has 1 aliphatic heterocycles. The number of halogens is 1. The second-order valence-corrected chi connectivity index (χ2v) is 5.92. The number of fused-ring (bicyclic) bond motifs is 1. The van der Waals surface area contributed by atoms with E-state index in [9.17, 15) is 4.79 Å². The maximum Gasteiger partial charge on any atom is 0.224 e. The van der Waals surface area contributed by atoms with E-state index in [1.807, 2.05) is 37.3 Å². The van der Waals surface area contributed by atoms with Gasteiger partial charge in [-0.2, -0.15) is 0 Å². The zero-order valence-electron chi connectivity index (χ0n) is 12.9. The first-order valence-corrected chi connectivity index (χ1v) is 7.94. The molecule has 1 aliphatic rings. The van der Waals surface area contributed by atoms with Crippen molar-refractivity contribution in [1.82, 2.24) is 0 Å². The molecule has 1 heterocycles. The zero-order valence-corrected chi connectivity index (χ0v) is 13.7. The van der Waals surface area contributed by atoms with Crippen LogP contribution in [0.5, 0.6) is 11.5 Å². The number of ether oxygens (including phenoxy) is 2. The van der Waals surface area contributed by atoms with Crippen molar-refractivity contribution in [2.45, 2.75) is 19.8 Å². The van der Waals surface area contributed by atoms with Crippen molar-refractivity contribution in [3.05, 3.63) is 52.5 Å². The minimum Gasteiger partial charge on any atom is -0.486 e. The second kappa shape index (κ2) is 6.92. The zero-order chi connectivity index (χ0) is 16.2. The van der Waals surface area contributed by atoms with Crippen LogP contribution in [-0.4, -0.2) is 19.1 Å². The van der Waals surface area contributed by atoms with E-state index < -0.39 is 0 Å². The number of rotatable bonds is 4. The first-order chi connectivity index (χ1) is 11.1. The second-order valence-electron chi connectivity index (χ2n) is 5.49. The maximum atomic E-state index is 12.1. The number of anilines is 1. The number of hydrogen-bond acceptors (Lipinski definition) is 3. The minimum atomic E-state index is -0.0229. The summed E-state index contributed by atoms with van der Waals surface area (Å²) in [5, 5.41) is 3.58. The van der Waals surface area contributed by atoms with Gasteiger partial charge in [-0.25, -0.2) is 0 Å². The first kappa shape index (κ1) is 15.7. The van der Waals surface area contributed by atoms with E-state index in [0.29, 0.717) is 31.1 Å². The first-order valence-electron chi connectivity index (χ1n) is 7.56. The predicted molar refractivity (Wildman–Crippen MR) is 90.6 cm³/mol. The number of benzene rings is 2. The summed E-state index contributed by atoms with van der Waals surface area (Å²) in [5.41, 5.74) is 2.80. The van der Waals surface area contributed by atoms with E-state index >= 15 is 0 Å². The molecule has 2 aromatic rings. The fourth-order valence-electron chi connectivity index (χ4n) is 2.48. The monoisotopic (exact) mass is 331 g/mol. The summed E-state index contributed by atoms with van der Waals surface area (Å²) in [6.07, 6.45) is 1.05. The van der Waals surface area contributed by atoms with Gasteiger partial charge in [0, 0.05) is 17.1 Å². The van der Waals surface area contributed by atoms with Gasteiger partial charge in [0.2, 0.25) is 5.91 Å². The normalized spacial score (nSPS) is 12.8. The Kier molecular flexibility index (Phi) is 4.72. The van der Waals surface area contributed by atoms with E-state index in [1.165, 1.54) is 0 Å². The molecule has 0 atom stereocenters. The lowest BCUT2D eigenvalue weighted by Crippen LogP contribution is -2.16. The third-order valence-electron chi connectivity index (χ3n) is 3.71. The molecule has 0 bridgehead atoms. The van der Waals surface area contributed by atoms with Gasteiger partial charge < -0.3 is 14.8 Å². The van der Waals surface area contributed by atoms with Crippen LogP contribution < -0.4 is 14.8 Å². The van der Waals surface area contributed by atoms with Gasteiger partial charge in [0.15, 0.2) is 11.5 Å². The van der Waals surface area contributed by atoms with Crippen LogP contribution in [0.15, 0.2) is 36.4 Å². The largest absolute Gasteiger partial charge is 0.486 e. The molecule has 23 heavy (non-hydrogen) atoms. The van der Waals surface area contributed by atoms with Crippen molar-refractivity contribution >= 4 is 23.2 Å². The highest BCUT2D eigenvalue weighted by Crippen LogP contribution is 2.31. The Morgan fingerprint density at radius 3 is 2.70 bits per heavy atom. The van der Waals surface area contributed by atoms with Crippen LogP contribution in [0.4, 0.5) is 5.69 Å². The summed E-state index contributed by atoms with van der Waals surface area (Å²) >= 11 is 5.92. The third kappa shape index (κ3) is 3.96. The molecule has 120 valence electrons. The molecule has 0 spiro atoms. The molecule has 0 fully saturated rings. The van der Waals surface area contributed by atoms with Crippen LogP contribution in [0.2, 0.25) is 5.02 Å².